The third-order valence-electron chi connectivity index (χ3n) is 4.84. The Labute approximate surface area is 137 Å². The fourth-order valence-corrected chi connectivity index (χ4v) is 4.59. The van der Waals surface area contributed by atoms with Gasteiger partial charge < -0.3 is 10.6 Å². The van der Waals surface area contributed by atoms with E-state index in [1.54, 1.807) is 0 Å². The first-order chi connectivity index (χ1) is 10.7. The number of benzene rings is 1. The molecule has 0 radical (unpaired) electrons. The van der Waals surface area contributed by atoms with Crippen molar-refractivity contribution in [2.45, 2.75) is 30.7 Å². The van der Waals surface area contributed by atoms with Crippen LogP contribution in [0.2, 0.25) is 0 Å². The predicted octanol–water partition coefficient (Wildman–Crippen LogP) is 2.18. The van der Waals surface area contributed by atoms with Crippen LogP contribution in [0.1, 0.15) is 19.8 Å². The minimum Gasteiger partial charge on any atom is -0.329 e. The first-order valence-electron chi connectivity index (χ1n) is 8.17. The average molecular weight is 319 g/mol. The third kappa shape index (κ3) is 3.16. The number of anilines is 1. The maximum absolute atomic E-state index is 12.8. The summed E-state index contributed by atoms with van der Waals surface area (Å²) in [5, 5.41) is 0. The summed E-state index contributed by atoms with van der Waals surface area (Å²) in [6.45, 7) is 5.17. The van der Waals surface area contributed by atoms with Gasteiger partial charge in [0.2, 0.25) is 5.91 Å². The van der Waals surface area contributed by atoms with Gasteiger partial charge in [0.15, 0.2) is 0 Å². The van der Waals surface area contributed by atoms with Gasteiger partial charge in [0.25, 0.3) is 0 Å². The molecule has 1 aromatic carbocycles. The normalized spacial score (nSPS) is 25.8. The van der Waals surface area contributed by atoms with Crippen LogP contribution in [0.4, 0.5) is 5.69 Å². The number of carbonyl (C=O) groups excluding carboxylic acids is 1. The molecule has 2 aliphatic rings. The second-order valence-electron chi connectivity index (χ2n) is 6.25. The number of nitrogens with two attached hydrogens (primary N) is 1. The molecule has 3 rings (SSSR count). The van der Waals surface area contributed by atoms with Gasteiger partial charge in [-0.15, -0.1) is 11.8 Å². The smallest absolute Gasteiger partial charge is 0.241 e. The van der Waals surface area contributed by atoms with Crippen molar-refractivity contribution in [1.29, 1.82) is 0 Å². The quantitative estimate of drug-likeness (QED) is 0.928. The SMILES string of the molecule is CC1CCCN(CC(=O)N2CCSc3ccccc32)C1CN. The van der Waals surface area contributed by atoms with E-state index >= 15 is 0 Å². The van der Waals surface area contributed by atoms with Crippen molar-refractivity contribution in [3.63, 3.8) is 0 Å². The highest BCUT2D eigenvalue weighted by atomic mass is 32.2. The Bertz CT molecular complexity index is 536. The fourth-order valence-electron chi connectivity index (χ4n) is 3.60. The summed E-state index contributed by atoms with van der Waals surface area (Å²) in [5.74, 6) is 1.76. The van der Waals surface area contributed by atoms with Crippen LogP contribution in [0.25, 0.3) is 0 Å². The molecule has 0 aliphatic carbocycles. The summed E-state index contributed by atoms with van der Waals surface area (Å²) in [7, 11) is 0. The minimum absolute atomic E-state index is 0.209. The van der Waals surface area contributed by atoms with Gasteiger partial charge in [-0.1, -0.05) is 19.1 Å². The molecule has 2 unspecified atom stereocenters. The monoisotopic (exact) mass is 319 g/mol. The zero-order chi connectivity index (χ0) is 15.5. The number of para-hydroxylation sites is 1. The van der Waals surface area contributed by atoms with E-state index in [4.69, 9.17) is 5.73 Å². The first-order valence-corrected chi connectivity index (χ1v) is 9.15. The minimum atomic E-state index is 0.209. The molecule has 0 spiro atoms. The van der Waals surface area contributed by atoms with Gasteiger partial charge in [0, 0.05) is 29.8 Å². The number of amides is 1. The zero-order valence-corrected chi connectivity index (χ0v) is 14.0. The molecule has 1 aromatic rings. The Kier molecular flexibility index (Phi) is 5.06. The summed E-state index contributed by atoms with van der Waals surface area (Å²) >= 11 is 1.83. The fraction of sp³-hybridized carbons (Fsp3) is 0.588. The molecule has 0 saturated carbocycles. The van der Waals surface area contributed by atoms with E-state index in [1.165, 1.54) is 11.3 Å². The number of fused-ring (bicyclic) bond motifs is 1. The number of nitrogens with zero attached hydrogens (tertiary/aromatic N) is 2. The lowest BCUT2D eigenvalue weighted by atomic mass is 9.91. The number of carbonyl (C=O) groups is 1. The topological polar surface area (TPSA) is 49.6 Å². The molecular formula is C17H25N3OS. The molecule has 2 heterocycles. The van der Waals surface area contributed by atoms with Gasteiger partial charge in [-0.25, -0.2) is 0 Å². The maximum Gasteiger partial charge on any atom is 0.241 e. The van der Waals surface area contributed by atoms with Gasteiger partial charge in [-0.2, -0.15) is 0 Å². The van der Waals surface area contributed by atoms with E-state index < -0.39 is 0 Å². The molecule has 1 fully saturated rings. The van der Waals surface area contributed by atoms with E-state index in [2.05, 4.69) is 24.0 Å². The summed E-state index contributed by atoms with van der Waals surface area (Å²) in [4.78, 5) is 18.3. The van der Waals surface area contributed by atoms with Crippen LogP contribution in [0.3, 0.4) is 0 Å². The summed E-state index contributed by atoms with van der Waals surface area (Å²) in [5.41, 5.74) is 7.01. The van der Waals surface area contributed by atoms with Gasteiger partial charge in [-0.3, -0.25) is 9.69 Å². The largest absolute Gasteiger partial charge is 0.329 e. The van der Waals surface area contributed by atoms with Crippen molar-refractivity contribution >= 4 is 23.4 Å². The predicted molar refractivity (Wildman–Crippen MR) is 92.3 cm³/mol. The lowest BCUT2D eigenvalue weighted by molar-refractivity contribution is -0.120. The Balaban J connectivity index is 1.72. The van der Waals surface area contributed by atoms with E-state index in [1.807, 2.05) is 28.8 Å². The second-order valence-corrected chi connectivity index (χ2v) is 7.39. The molecule has 1 amide bonds. The van der Waals surface area contributed by atoms with Gasteiger partial charge in [-0.05, 0) is 37.4 Å². The van der Waals surface area contributed by atoms with Crippen LogP contribution >= 0.6 is 11.8 Å². The third-order valence-corrected chi connectivity index (χ3v) is 5.88. The maximum atomic E-state index is 12.8. The molecule has 2 aliphatic heterocycles. The lowest BCUT2D eigenvalue weighted by Crippen LogP contribution is -2.53. The molecular weight excluding hydrogens is 294 g/mol. The number of hydrogen-bond acceptors (Lipinski definition) is 4. The molecule has 2 N–H and O–H groups in total. The zero-order valence-electron chi connectivity index (χ0n) is 13.2. The average Bonchev–Trinajstić information content (AvgIpc) is 2.54. The van der Waals surface area contributed by atoms with Crippen LogP contribution in [0.15, 0.2) is 29.2 Å². The highest BCUT2D eigenvalue weighted by Gasteiger charge is 2.31. The van der Waals surface area contributed by atoms with Crippen LogP contribution in [0.5, 0.6) is 0 Å². The van der Waals surface area contributed by atoms with E-state index in [0.717, 1.165) is 31.0 Å². The molecule has 0 bridgehead atoms. The van der Waals surface area contributed by atoms with Crippen molar-refractivity contribution in [1.82, 2.24) is 4.90 Å². The molecule has 120 valence electrons. The van der Waals surface area contributed by atoms with Crippen LogP contribution in [-0.2, 0) is 4.79 Å². The summed E-state index contributed by atoms with van der Waals surface area (Å²) < 4.78 is 0. The van der Waals surface area contributed by atoms with Crippen LogP contribution < -0.4 is 10.6 Å². The Hall–Kier alpha value is -1.04. The number of rotatable bonds is 3. The van der Waals surface area contributed by atoms with Crippen molar-refractivity contribution in [2.75, 3.05) is 36.8 Å². The second kappa shape index (κ2) is 7.02. The van der Waals surface area contributed by atoms with Gasteiger partial charge >= 0.3 is 0 Å². The van der Waals surface area contributed by atoms with E-state index in [9.17, 15) is 4.79 Å². The van der Waals surface area contributed by atoms with Crippen molar-refractivity contribution < 1.29 is 4.79 Å². The summed E-state index contributed by atoms with van der Waals surface area (Å²) in [6, 6.07) is 8.55. The molecule has 1 saturated heterocycles. The number of likely N-dealkylation sites (tertiary alicyclic amines) is 1. The van der Waals surface area contributed by atoms with Gasteiger partial charge in [0.1, 0.15) is 0 Å². The van der Waals surface area contributed by atoms with Crippen molar-refractivity contribution in [3.05, 3.63) is 24.3 Å². The number of hydrogen-bond donors (Lipinski definition) is 1. The van der Waals surface area contributed by atoms with Gasteiger partial charge in [0.05, 0.1) is 12.2 Å². The Morgan fingerprint density at radius 3 is 3.00 bits per heavy atom. The number of thioether (sulfide) groups is 1. The molecule has 22 heavy (non-hydrogen) atoms. The molecule has 4 nitrogen and oxygen atoms in total. The standard InChI is InChI=1S/C17H25N3OS/c1-13-5-4-8-19(15(13)11-18)12-17(21)20-9-10-22-16-7-3-2-6-14(16)20/h2-3,6-7,13,15H,4-5,8-12,18H2,1H3. The Morgan fingerprint density at radius 2 is 2.18 bits per heavy atom. The van der Waals surface area contributed by atoms with Crippen LogP contribution in [-0.4, -0.2) is 48.8 Å². The molecule has 5 heteroatoms. The highest BCUT2D eigenvalue weighted by Crippen LogP contribution is 2.34. The Morgan fingerprint density at radius 1 is 1.36 bits per heavy atom. The number of piperidine rings is 1. The van der Waals surface area contributed by atoms with E-state index in [-0.39, 0.29) is 5.91 Å². The van der Waals surface area contributed by atoms with E-state index in [0.29, 0.717) is 25.0 Å². The van der Waals surface area contributed by atoms with Crippen molar-refractivity contribution in [2.24, 2.45) is 11.7 Å². The van der Waals surface area contributed by atoms with Crippen molar-refractivity contribution in [3.8, 4) is 0 Å². The first kappa shape index (κ1) is 15.8. The molecule has 2 atom stereocenters. The lowest BCUT2D eigenvalue weighted by Gasteiger charge is -2.40. The summed E-state index contributed by atoms with van der Waals surface area (Å²) in [6.07, 6.45) is 2.38. The highest BCUT2D eigenvalue weighted by molar-refractivity contribution is 7.99. The molecule has 0 aromatic heterocycles. The van der Waals surface area contributed by atoms with Crippen LogP contribution in [0, 0.1) is 5.92 Å².